The van der Waals surface area contributed by atoms with Gasteiger partial charge in [-0.1, -0.05) is 36.4 Å². The summed E-state index contributed by atoms with van der Waals surface area (Å²) in [6.07, 6.45) is 2.07. The fourth-order valence-corrected chi connectivity index (χ4v) is 3.41. The third-order valence-corrected chi connectivity index (χ3v) is 5.02. The maximum absolute atomic E-state index is 12.9. The zero-order valence-corrected chi connectivity index (χ0v) is 13.7. The number of carbonyl (C=O) groups excluding carboxylic acids is 1. The maximum atomic E-state index is 12.9. The summed E-state index contributed by atoms with van der Waals surface area (Å²) in [4.78, 5) is 12.9. The van der Waals surface area contributed by atoms with Gasteiger partial charge in [-0.3, -0.25) is 4.79 Å². The second-order valence-electron chi connectivity index (χ2n) is 6.96. The summed E-state index contributed by atoms with van der Waals surface area (Å²) in [5.74, 6) is 1.21. The van der Waals surface area contributed by atoms with Crippen LogP contribution in [0.25, 0.3) is 0 Å². The Kier molecular flexibility index (Phi) is 3.57. The lowest BCUT2D eigenvalue weighted by Gasteiger charge is -2.29. The molecule has 1 unspecified atom stereocenters. The Labute approximate surface area is 141 Å². The SMILES string of the molecule is CC(O)(CNC(=O)C1c2ccccc2Oc2ccccc21)C1CC1. The van der Waals surface area contributed by atoms with Crippen molar-refractivity contribution in [3.8, 4) is 11.5 Å². The van der Waals surface area contributed by atoms with E-state index in [1.54, 1.807) is 6.92 Å². The molecule has 1 atom stereocenters. The Hall–Kier alpha value is -2.33. The number of hydrogen-bond donors (Lipinski definition) is 2. The summed E-state index contributed by atoms with van der Waals surface area (Å²) in [5.41, 5.74) is 0.888. The first kappa shape index (κ1) is 15.2. The highest BCUT2D eigenvalue weighted by atomic mass is 16.5. The number of fused-ring (bicyclic) bond motifs is 2. The highest BCUT2D eigenvalue weighted by Gasteiger charge is 2.41. The molecule has 2 aliphatic rings. The standard InChI is InChI=1S/C20H21NO3/c1-20(23,13-10-11-13)12-21-19(22)18-14-6-2-4-8-16(14)24-17-9-5-3-7-15(17)18/h2-9,13,18,23H,10-12H2,1H3,(H,21,22). The smallest absolute Gasteiger partial charge is 0.232 e. The van der Waals surface area contributed by atoms with Crippen molar-refractivity contribution in [3.63, 3.8) is 0 Å². The number of aliphatic hydroxyl groups is 1. The monoisotopic (exact) mass is 323 g/mol. The molecule has 24 heavy (non-hydrogen) atoms. The third-order valence-electron chi connectivity index (χ3n) is 5.02. The van der Waals surface area contributed by atoms with E-state index in [9.17, 15) is 9.90 Å². The lowest BCUT2D eigenvalue weighted by molar-refractivity contribution is -0.123. The molecule has 124 valence electrons. The van der Waals surface area contributed by atoms with Crippen molar-refractivity contribution < 1.29 is 14.6 Å². The highest BCUT2D eigenvalue weighted by Crippen LogP contribution is 2.44. The Bertz CT molecular complexity index is 734. The van der Waals surface area contributed by atoms with Crippen LogP contribution in [0.2, 0.25) is 0 Å². The van der Waals surface area contributed by atoms with E-state index in [0.717, 1.165) is 24.0 Å². The number of carbonyl (C=O) groups is 1. The van der Waals surface area contributed by atoms with Crippen LogP contribution in [-0.2, 0) is 4.79 Å². The number of rotatable bonds is 4. The molecule has 4 heteroatoms. The van der Waals surface area contributed by atoms with E-state index in [-0.39, 0.29) is 12.5 Å². The minimum absolute atomic E-state index is 0.0980. The molecule has 0 radical (unpaired) electrons. The summed E-state index contributed by atoms with van der Waals surface area (Å²) in [6.45, 7) is 2.08. The van der Waals surface area contributed by atoms with E-state index in [1.807, 2.05) is 48.5 Å². The van der Waals surface area contributed by atoms with E-state index in [0.29, 0.717) is 17.4 Å². The van der Waals surface area contributed by atoms with Gasteiger partial charge in [0, 0.05) is 17.7 Å². The molecular formula is C20H21NO3. The maximum Gasteiger partial charge on any atom is 0.232 e. The van der Waals surface area contributed by atoms with Crippen molar-refractivity contribution >= 4 is 5.91 Å². The van der Waals surface area contributed by atoms with Crippen LogP contribution in [0.1, 0.15) is 36.8 Å². The number of nitrogens with one attached hydrogen (secondary N) is 1. The van der Waals surface area contributed by atoms with Crippen molar-refractivity contribution in [1.29, 1.82) is 0 Å². The quantitative estimate of drug-likeness (QED) is 0.908. The van der Waals surface area contributed by atoms with Crippen LogP contribution < -0.4 is 10.1 Å². The molecule has 1 aliphatic carbocycles. The zero-order chi connectivity index (χ0) is 16.7. The molecule has 4 rings (SSSR count). The first-order valence-corrected chi connectivity index (χ1v) is 8.42. The Morgan fingerprint density at radius 2 is 1.67 bits per heavy atom. The lowest BCUT2D eigenvalue weighted by atomic mass is 9.87. The summed E-state index contributed by atoms with van der Waals surface area (Å²) in [7, 11) is 0. The lowest BCUT2D eigenvalue weighted by Crippen LogP contribution is -2.44. The first-order valence-electron chi connectivity index (χ1n) is 8.42. The average molecular weight is 323 g/mol. The molecule has 1 fully saturated rings. The molecule has 2 aromatic rings. The Balaban J connectivity index is 1.63. The van der Waals surface area contributed by atoms with Crippen molar-refractivity contribution in [1.82, 2.24) is 5.32 Å². The number of para-hydroxylation sites is 2. The molecule has 1 amide bonds. The molecule has 1 heterocycles. The van der Waals surface area contributed by atoms with Gasteiger partial charge in [-0.05, 0) is 37.8 Å². The van der Waals surface area contributed by atoms with Crippen LogP contribution in [-0.4, -0.2) is 23.2 Å². The number of hydrogen-bond acceptors (Lipinski definition) is 3. The average Bonchev–Trinajstić information content (AvgIpc) is 3.43. The largest absolute Gasteiger partial charge is 0.457 e. The third kappa shape index (κ3) is 2.67. The molecule has 2 N–H and O–H groups in total. The van der Waals surface area contributed by atoms with Crippen LogP contribution >= 0.6 is 0 Å². The summed E-state index contributed by atoms with van der Waals surface area (Å²) >= 11 is 0. The molecule has 4 nitrogen and oxygen atoms in total. The fraction of sp³-hybridized carbons (Fsp3) is 0.350. The van der Waals surface area contributed by atoms with Gasteiger partial charge < -0.3 is 15.2 Å². The van der Waals surface area contributed by atoms with Crippen molar-refractivity contribution in [3.05, 3.63) is 59.7 Å². The van der Waals surface area contributed by atoms with Gasteiger partial charge >= 0.3 is 0 Å². The van der Waals surface area contributed by atoms with Crippen LogP contribution in [0.5, 0.6) is 11.5 Å². The topological polar surface area (TPSA) is 58.6 Å². The van der Waals surface area contributed by atoms with Gasteiger partial charge in [0.2, 0.25) is 5.91 Å². The molecule has 2 aromatic carbocycles. The predicted octanol–water partition coefficient (Wildman–Crippen LogP) is 3.20. The number of ether oxygens (including phenoxy) is 1. The first-order chi connectivity index (χ1) is 11.6. The van der Waals surface area contributed by atoms with Crippen LogP contribution in [0.3, 0.4) is 0 Å². The van der Waals surface area contributed by atoms with Crippen molar-refractivity contribution in [2.75, 3.05) is 6.54 Å². The zero-order valence-electron chi connectivity index (χ0n) is 13.7. The Morgan fingerprint density at radius 1 is 1.12 bits per heavy atom. The molecule has 0 bridgehead atoms. The summed E-state index contributed by atoms with van der Waals surface area (Å²) in [5, 5.41) is 13.4. The van der Waals surface area contributed by atoms with Gasteiger partial charge in [0.05, 0.1) is 11.5 Å². The van der Waals surface area contributed by atoms with Gasteiger partial charge in [0.25, 0.3) is 0 Å². The van der Waals surface area contributed by atoms with E-state index in [2.05, 4.69) is 5.32 Å². The molecule has 1 aliphatic heterocycles. The van der Waals surface area contributed by atoms with Gasteiger partial charge in [-0.2, -0.15) is 0 Å². The number of amides is 1. The highest BCUT2D eigenvalue weighted by molar-refractivity contribution is 5.89. The second kappa shape index (κ2) is 5.64. The van der Waals surface area contributed by atoms with E-state index >= 15 is 0 Å². The number of benzene rings is 2. The molecule has 0 aromatic heterocycles. The minimum Gasteiger partial charge on any atom is -0.457 e. The predicted molar refractivity (Wildman–Crippen MR) is 91.2 cm³/mol. The van der Waals surface area contributed by atoms with Gasteiger partial charge in [-0.15, -0.1) is 0 Å². The van der Waals surface area contributed by atoms with E-state index in [1.165, 1.54) is 0 Å². The van der Waals surface area contributed by atoms with Crippen molar-refractivity contribution in [2.45, 2.75) is 31.3 Å². The Morgan fingerprint density at radius 3 is 2.21 bits per heavy atom. The van der Waals surface area contributed by atoms with E-state index in [4.69, 9.17) is 4.74 Å². The molecule has 1 saturated carbocycles. The van der Waals surface area contributed by atoms with Crippen LogP contribution in [0, 0.1) is 5.92 Å². The molecule has 0 saturated heterocycles. The molecule has 0 spiro atoms. The normalized spacial score (nSPS) is 18.8. The van der Waals surface area contributed by atoms with E-state index < -0.39 is 11.5 Å². The molecular weight excluding hydrogens is 302 g/mol. The van der Waals surface area contributed by atoms with Crippen LogP contribution in [0.4, 0.5) is 0 Å². The van der Waals surface area contributed by atoms with Crippen molar-refractivity contribution in [2.24, 2.45) is 5.92 Å². The second-order valence-corrected chi connectivity index (χ2v) is 6.96. The van der Waals surface area contributed by atoms with Gasteiger partial charge in [0.1, 0.15) is 11.5 Å². The minimum atomic E-state index is -0.833. The summed E-state index contributed by atoms with van der Waals surface area (Å²) in [6, 6.07) is 15.2. The fourth-order valence-electron chi connectivity index (χ4n) is 3.41. The van der Waals surface area contributed by atoms with Gasteiger partial charge in [0.15, 0.2) is 0 Å². The summed E-state index contributed by atoms with van der Waals surface area (Å²) < 4.78 is 5.92. The van der Waals surface area contributed by atoms with Crippen LogP contribution in [0.15, 0.2) is 48.5 Å². The van der Waals surface area contributed by atoms with Gasteiger partial charge in [-0.25, -0.2) is 0 Å².